The summed E-state index contributed by atoms with van der Waals surface area (Å²) >= 11 is 6.60. The maximum atomic E-state index is 13.6. The van der Waals surface area contributed by atoms with E-state index in [-0.39, 0.29) is 24.3 Å². The SMILES string of the molecule is C=Cc1cc(Cl)cc(N2CC[C@](NC(=O)OC(C)(C)C)(C(=O)NC3CC3)C2)c1Cn1cnc2c(NC(=O)OC(C)(C)C)ncnc21. The van der Waals surface area contributed by atoms with Crippen molar-refractivity contribution in [3.63, 3.8) is 0 Å². The first-order valence-electron chi connectivity index (χ1n) is 15.2. The second-order valence-corrected chi connectivity index (χ2v) is 14.2. The van der Waals surface area contributed by atoms with Crippen molar-refractivity contribution in [2.24, 2.45) is 0 Å². The Bertz CT molecular complexity index is 1670. The number of alkyl carbamates (subject to hydrolysis) is 1. The zero-order valence-electron chi connectivity index (χ0n) is 27.1. The molecule has 1 aliphatic carbocycles. The smallest absolute Gasteiger partial charge is 0.413 e. The Hall–Kier alpha value is -4.39. The first-order chi connectivity index (χ1) is 21.6. The van der Waals surface area contributed by atoms with Gasteiger partial charge >= 0.3 is 12.2 Å². The molecule has 1 atom stereocenters. The quantitative estimate of drug-likeness (QED) is 0.295. The fourth-order valence-corrected chi connectivity index (χ4v) is 5.57. The highest BCUT2D eigenvalue weighted by Gasteiger charge is 2.48. The summed E-state index contributed by atoms with van der Waals surface area (Å²) in [7, 11) is 0. The van der Waals surface area contributed by atoms with Crippen molar-refractivity contribution in [3.8, 4) is 0 Å². The van der Waals surface area contributed by atoms with E-state index in [1.54, 1.807) is 53.9 Å². The third kappa shape index (κ3) is 7.69. The Balaban J connectivity index is 1.46. The van der Waals surface area contributed by atoms with E-state index in [0.29, 0.717) is 35.7 Å². The number of benzene rings is 1. The van der Waals surface area contributed by atoms with Gasteiger partial charge in [-0.2, -0.15) is 0 Å². The van der Waals surface area contributed by atoms with E-state index in [4.69, 9.17) is 21.1 Å². The molecule has 1 saturated heterocycles. The van der Waals surface area contributed by atoms with Gasteiger partial charge < -0.3 is 29.6 Å². The molecule has 2 aliphatic rings. The number of ether oxygens (including phenoxy) is 2. The first kappa shape index (κ1) is 33.0. The summed E-state index contributed by atoms with van der Waals surface area (Å²) in [4.78, 5) is 54.2. The van der Waals surface area contributed by atoms with Crippen LogP contribution >= 0.6 is 11.6 Å². The molecule has 3 N–H and O–H groups in total. The number of fused-ring (bicyclic) bond motifs is 1. The fourth-order valence-electron chi connectivity index (χ4n) is 5.35. The average molecular weight is 653 g/mol. The molecule has 2 aromatic heterocycles. The third-order valence-corrected chi connectivity index (χ3v) is 7.71. The molecule has 1 saturated carbocycles. The Morgan fingerprint density at radius 2 is 1.76 bits per heavy atom. The Labute approximate surface area is 273 Å². The van der Waals surface area contributed by atoms with Crippen molar-refractivity contribution < 1.29 is 23.9 Å². The van der Waals surface area contributed by atoms with Crippen LogP contribution in [-0.2, 0) is 20.8 Å². The lowest BCUT2D eigenvalue weighted by Gasteiger charge is -2.32. The third-order valence-electron chi connectivity index (χ3n) is 7.49. The number of hydrogen-bond acceptors (Lipinski definition) is 9. The number of carbonyl (C=O) groups is 3. The van der Waals surface area contributed by atoms with Gasteiger partial charge in [0.15, 0.2) is 17.0 Å². The highest BCUT2D eigenvalue weighted by Crippen LogP contribution is 2.36. The van der Waals surface area contributed by atoms with Gasteiger partial charge in [0.1, 0.15) is 23.1 Å². The van der Waals surface area contributed by atoms with Crippen molar-refractivity contribution in [3.05, 3.63) is 47.5 Å². The second-order valence-electron chi connectivity index (χ2n) is 13.7. The van der Waals surface area contributed by atoms with E-state index in [2.05, 4.69) is 37.5 Å². The topological polar surface area (TPSA) is 153 Å². The molecule has 3 heterocycles. The summed E-state index contributed by atoms with van der Waals surface area (Å²) < 4.78 is 12.8. The molecule has 246 valence electrons. The van der Waals surface area contributed by atoms with Crippen molar-refractivity contribution in [2.75, 3.05) is 23.3 Å². The molecule has 0 radical (unpaired) electrons. The fraction of sp³-hybridized carbons (Fsp3) is 0.500. The normalized spacial score (nSPS) is 18.3. The molecule has 13 nitrogen and oxygen atoms in total. The molecule has 3 amide bonds. The predicted molar refractivity (Wildman–Crippen MR) is 176 cm³/mol. The van der Waals surface area contributed by atoms with Gasteiger partial charge in [0, 0.05) is 28.9 Å². The lowest BCUT2D eigenvalue weighted by atomic mass is 9.97. The molecule has 2 fully saturated rings. The van der Waals surface area contributed by atoms with Crippen molar-refractivity contribution in [2.45, 2.75) is 90.1 Å². The molecule has 14 heteroatoms. The van der Waals surface area contributed by atoms with Gasteiger partial charge in [-0.05, 0) is 78.5 Å². The van der Waals surface area contributed by atoms with Crippen LogP contribution in [0.1, 0.15) is 71.9 Å². The van der Waals surface area contributed by atoms with Crippen LogP contribution in [0.3, 0.4) is 0 Å². The van der Waals surface area contributed by atoms with Crippen molar-refractivity contribution in [1.29, 1.82) is 0 Å². The standard InChI is InChI=1S/C32H41ClN8O5/c1-8-19-13-20(33)14-23(40-12-11-32(16-40,27(42)37-21-9-10-21)39-29(44)46-31(5,6)7)22(19)15-41-18-36-24-25(34-17-35-26(24)41)38-28(43)45-30(2,3)4/h8,13-14,17-18,21H,1,9-12,15-16H2,2-7H3,(H,37,42)(H,39,44)(H,34,35,38,43)/t32-/m1/s1. The number of hydrogen-bond donors (Lipinski definition) is 3. The van der Waals surface area contributed by atoms with Gasteiger partial charge in [0.05, 0.1) is 19.4 Å². The van der Waals surface area contributed by atoms with Crippen LogP contribution in [0.5, 0.6) is 0 Å². The molecule has 0 bridgehead atoms. The van der Waals surface area contributed by atoms with Crippen molar-refractivity contribution >= 4 is 58.4 Å². The molecule has 5 rings (SSSR count). The number of rotatable bonds is 8. The molecule has 1 aliphatic heterocycles. The summed E-state index contributed by atoms with van der Waals surface area (Å²) in [6.45, 7) is 15.6. The Morgan fingerprint density at radius 3 is 2.41 bits per heavy atom. The monoisotopic (exact) mass is 652 g/mol. The Kier molecular flexibility index (Phi) is 8.91. The average Bonchev–Trinajstić information content (AvgIpc) is 3.49. The minimum atomic E-state index is -1.21. The lowest BCUT2D eigenvalue weighted by molar-refractivity contribution is -0.127. The van der Waals surface area contributed by atoms with Crippen LogP contribution in [0.2, 0.25) is 5.02 Å². The maximum absolute atomic E-state index is 13.6. The van der Waals surface area contributed by atoms with Crippen LogP contribution in [-0.4, -0.2) is 73.5 Å². The lowest BCUT2D eigenvalue weighted by Crippen LogP contribution is -2.61. The second kappa shape index (κ2) is 12.4. The molecule has 0 unspecified atom stereocenters. The van der Waals surface area contributed by atoms with E-state index in [1.807, 2.05) is 21.6 Å². The van der Waals surface area contributed by atoms with Gasteiger partial charge in [-0.1, -0.05) is 24.3 Å². The van der Waals surface area contributed by atoms with Crippen LogP contribution in [0, 0.1) is 0 Å². The number of amides is 3. The predicted octanol–water partition coefficient (Wildman–Crippen LogP) is 5.27. The van der Waals surface area contributed by atoms with Crippen LogP contribution in [0.4, 0.5) is 21.1 Å². The van der Waals surface area contributed by atoms with Crippen LogP contribution < -0.4 is 20.9 Å². The summed E-state index contributed by atoms with van der Waals surface area (Å²) in [5.41, 5.74) is 0.671. The number of halogens is 1. The summed E-state index contributed by atoms with van der Waals surface area (Å²) in [5.74, 6) is -0.0179. The molecule has 1 aromatic carbocycles. The number of carbonyl (C=O) groups excluding carboxylic acids is 3. The number of nitrogens with zero attached hydrogens (tertiary/aromatic N) is 5. The minimum Gasteiger partial charge on any atom is -0.444 e. The first-order valence-corrected chi connectivity index (χ1v) is 15.6. The molecule has 3 aromatic rings. The Morgan fingerprint density at radius 1 is 1.07 bits per heavy atom. The van der Waals surface area contributed by atoms with E-state index in [0.717, 1.165) is 29.7 Å². The molecular formula is C32H41ClN8O5. The van der Waals surface area contributed by atoms with E-state index in [1.165, 1.54) is 6.33 Å². The summed E-state index contributed by atoms with van der Waals surface area (Å²) in [5, 5.41) is 9.13. The number of imidazole rings is 1. The van der Waals surface area contributed by atoms with Gasteiger partial charge in [-0.15, -0.1) is 0 Å². The van der Waals surface area contributed by atoms with Gasteiger partial charge in [0.2, 0.25) is 5.91 Å². The van der Waals surface area contributed by atoms with E-state index < -0.39 is 28.9 Å². The molecule has 46 heavy (non-hydrogen) atoms. The van der Waals surface area contributed by atoms with Gasteiger partial charge in [0.25, 0.3) is 0 Å². The van der Waals surface area contributed by atoms with E-state index >= 15 is 0 Å². The number of aromatic nitrogens is 4. The van der Waals surface area contributed by atoms with Crippen LogP contribution in [0.15, 0.2) is 31.4 Å². The molecule has 0 spiro atoms. The van der Waals surface area contributed by atoms with Crippen LogP contribution in [0.25, 0.3) is 17.2 Å². The van der Waals surface area contributed by atoms with Gasteiger partial charge in [-0.25, -0.2) is 24.5 Å². The zero-order chi connectivity index (χ0) is 33.4. The van der Waals surface area contributed by atoms with E-state index in [9.17, 15) is 14.4 Å². The summed E-state index contributed by atoms with van der Waals surface area (Å²) in [6.07, 6.45) is 5.56. The largest absolute Gasteiger partial charge is 0.444 e. The number of nitrogens with one attached hydrogen (secondary N) is 3. The van der Waals surface area contributed by atoms with Gasteiger partial charge in [-0.3, -0.25) is 10.1 Å². The summed E-state index contributed by atoms with van der Waals surface area (Å²) in [6, 6.07) is 3.77. The molecular weight excluding hydrogens is 612 g/mol. The number of anilines is 2. The maximum Gasteiger partial charge on any atom is 0.413 e. The highest BCUT2D eigenvalue weighted by molar-refractivity contribution is 6.31. The highest BCUT2D eigenvalue weighted by atomic mass is 35.5. The minimum absolute atomic E-state index is 0.110. The zero-order valence-corrected chi connectivity index (χ0v) is 27.8. The van der Waals surface area contributed by atoms with Crippen molar-refractivity contribution in [1.82, 2.24) is 30.2 Å².